The molecule has 0 N–H and O–H groups in total. The predicted octanol–water partition coefficient (Wildman–Crippen LogP) is 3.29. The van der Waals surface area contributed by atoms with E-state index < -0.39 is 0 Å². The van der Waals surface area contributed by atoms with Gasteiger partial charge in [-0.3, -0.25) is 9.69 Å². The Morgan fingerprint density at radius 2 is 1.56 bits per heavy atom. The van der Waals surface area contributed by atoms with E-state index in [9.17, 15) is 4.79 Å². The van der Waals surface area contributed by atoms with Crippen molar-refractivity contribution in [1.29, 1.82) is 0 Å². The maximum Gasteiger partial charge on any atom is 0.218 e. The summed E-state index contributed by atoms with van der Waals surface area (Å²) in [7, 11) is 0. The third-order valence-corrected chi connectivity index (χ3v) is 2.51. The summed E-state index contributed by atoms with van der Waals surface area (Å²) in [5.41, 5.74) is 2.88. The fourth-order valence-electron chi connectivity index (χ4n) is 1.68. The summed E-state index contributed by atoms with van der Waals surface area (Å²) < 4.78 is 0. The summed E-state index contributed by atoms with van der Waals surface area (Å²) in [4.78, 5) is 12.8. The monoisotopic (exact) mass is 211 g/mol. The average Bonchev–Trinajstić information content (AvgIpc) is 2.34. The van der Waals surface area contributed by atoms with Crippen molar-refractivity contribution < 1.29 is 4.79 Å². The maximum absolute atomic E-state index is 11.2. The number of hydrogen-bond donors (Lipinski definition) is 0. The number of carbonyl (C=O) groups excluding carboxylic acids is 1. The molecular weight excluding hydrogens is 198 g/mol. The molecule has 16 heavy (non-hydrogen) atoms. The quantitative estimate of drug-likeness (QED) is 0.713. The fourth-order valence-corrected chi connectivity index (χ4v) is 1.68. The summed E-state index contributed by atoms with van der Waals surface area (Å²) in [6.07, 6.45) is 0.845. The van der Waals surface area contributed by atoms with Crippen LogP contribution in [0.15, 0.2) is 54.6 Å². The van der Waals surface area contributed by atoms with Gasteiger partial charge in [0.25, 0.3) is 0 Å². The summed E-state index contributed by atoms with van der Waals surface area (Å²) in [6, 6.07) is 17.4. The molecule has 0 spiro atoms. The number of amides is 1. The Bertz CT molecular complexity index is 479. The van der Waals surface area contributed by atoms with Crippen molar-refractivity contribution in [3.8, 4) is 0 Å². The Kier molecular flexibility index (Phi) is 3.01. The molecule has 0 atom stereocenters. The molecule has 0 heterocycles. The molecule has 80 valence electrons. The Morgan fingerprint density at radius 3 is 2.19 bits per heavy atom. The van der Waals surface area contributed by atoms with Gasteiger partial charge in [0.15, 0.2) is 0 Å². The van der Waals surface area contributed by atoms with Crippen molar-refractivity contribution in [1.82, 2.24) is 0 Å². The Labute approximate surface area is 95.1 Å². The highest BCUT2D eigenvalue weighted by molar-refractivity contribution is 5.87. The first-order chi connectivity index (χ1) is 7.83. The molecule has 0 unspecified atom stereocenters. The van der Waals surface area contributed by atoms with Crippen LogP contribution in [-0.4, -0.2) is 6.41 Å². The minimum atomic E-state index is 0.845. The number of nitrogens with zero attached hydrogens (tertiary/aromatic N) is 1. The summed E-state index contributed by atoms with van der Waals surface area (Å²) in [5, 5.41) is 0. The maximum atomic E-state index is 11.2. The number of aryl methyl sites for hydroxylation is 1. The molecule has 2 heteroatoms. The van der Waals surface area contributed by atoms with Gasteiger partial charge in [0.2, 0.25) is 6.41 Å². The van der Waals surface area contributed by atoms with Crippen molar-refractivity contribution in [3.05, 3.63) is 60.2 Å². The highest BCUT2D eigenvalue weighted by Crippen LogP contribution is 2.26. The second-order valence-corrected chi connectivity index (χ2v) is 3.60. The van der Waals surface area contributed by atoms with Gasteiger partial charge in [-0.05, 0) is 30.7 Å². The molecule has 0 saturated carbocycles. The van der Waals surface area contributed by atoms with Crippen LogP contribution in [0.5, 0.6) is 0 Å². The second kappa shape index (κ2) is 4.62. The van der Waals surface area contributed by atoms with Crippen molar-refractivity contribution in [2.45, 2.75) is 6.92 Å². The lowest BCUT2D eigenvalue weighted by atomic mass is 10.1. The van der Waals surface area contributed by atoms with E-state index in [1.807, 2.05) is 61.5 Å². The van der Waals surface area contributed by atoms with Crippen LogP contribution in [-0.2, 0) is 4.79 Å². The molecule has 0 fully saturated rings. The lowest BCUT2D eigenvalue weighted by Gasteiger charge is -2.19. The van der Waals surface area contributed by atoms with E-state index in [0.29, 0.717) is 0 Å². The van der Waals surface area contributed by atoms with Crippen molar-refractivity contribution in [2.75, 3.05) is 4.90 Å². The molecule has 0 aliphatic rings. The van der Waals surface area contributed by atoms with Gasteiger partial charge in [-0.2, -0.15) is 0 Å². The SMILES string of the molecule is Cc1ccccc1N(C=O)c1ccccc1. The summed E-state index contributed by atoms with van der Waals surface area (Å²) >= 11 is 0. The Balaban J connectivity index is 2.45. The predicted molar refractivity (Wildman–Crippen MR) is 65.8 cm³/mol. The van der Waals surface area contributed by atoms with Crippen LogP contribution in [0.3, 0.4) is 0 Å². The van der Waals surface area contributed by atoms with Crippen LogP contribution in [0.25, 0.3) is 0 Å². The molecule has 0 bridgehead atoms. The third kappa shape index (κ3) is 1.96. The van der Waals surface area contributed by atoms with Crippen LogP contribution in [0.2, 0.25) is 0 Å². The highest BCUT2D eigenvalue weighted by atomic mass is 16.1. The van der Waals surface area contributed by atoms with E-state index in [1.54, 1.807) is 4.90 Å². The van der Waals surface area contributed by atoms with E-state index in [0.717, 1.165) is 23.3 Å². The molecule has 0 saturated heterocycles. The van der Waals surface area contributed by atoms with Crippen molar-refractivity contribution in [3.63, 3.8) is 0 Å². The number of hydrogen-bond acceptors (Lipinski definition) is 1. The minimum Gasteiger partial charge on any atom is -0.283 e. The first-order valence-corrected chi connectivity index (χ1v) is 5.18. The van der Waals surface area contributed by atoms with Crippen LogP contribution in [0.1, 0.15) is 5.56 Å². The fraction of sp³-hybridized carbons (Fsp3) is 0.0714. The van der Waals surface area contributed by atoms with Gasteiger partial charge in [0.05, 0.1) is 5.69 Å². The topological polar surface area (TPSA) is 20.3 Å². The van der Waals surface area contributed by atoms with E-state index >= 15 is 0 Å². The molecule has 0 aliphatic heterocycles. The van der Waals surface area contributed by atoms with Gasteiger partial charge < -0.3 is 0 Å². The molecular formula is C14H13NO. The minimum absolute atomic E-state index is 0.845. The molecule has 2 rings (SSSR count). The Hall–Kier alpha value is -2.09. The van der Waals surface area contributed by atoms with E-state index in [1.165, 1.54) is 0 Å². The molecule has 2 aromatic carbocycles. The summed E-state index contributed by atoms with van der Waals surface area (Å²) in [5.74, 6) is 0. The lowest BCUT2D eigenvalue weighted by Crippen LogP contribution is -2.14. The van der Waals surface area contributed by atoms with E-state index in [-0.39, 0.29) is 0 Å². The van der Waals surface area contributed by atoms with Gasteiger partial charge in [-0.25, -0.2) is 0 Å². The zero-order valence-electron chi connectivity index (χ0n) is 9.13. The van der Waals surface area contributed by atoms with E-state index in [4.69, 9.17) is 0 Å². The molecule has 2 aromatic rings. The summed E-state index contributed by atoms with van der Waals surface area (Å²) in [6.45, 7) is 1.99. The van der Waals surface area contributed by atoms with Crippen LogP contribution in [0, 0.1) is 6.92 Å². The van der Waals surface area contributed by atoms with Gasteiger partial charge in [-0.15, -0.1) is 0 Å². The number of carbonyl (C=O) groups is 1. The molecule has 1 amide bonds. The van der Waals surface area contributed by atoms with Gasteiger partial charge in [0, 0.05) is 5.69 Å². The van der Waals surface area contributed by atoms with E-state index in [2.05, 4.69) is 0 Å². The van der Waals surface area contributed by atoms with Crippen molar-refractivity contribution >= 4 is 17.8 Å². The van der Waals surface area contributed by atoms with Crippen LogP contribution >= 0.6 is 0 Å². The molecule has 0 aliphatic carbocycles. The van der Waals surface area contributed by atoms with Crippen LogP contribution in [0.4, 0.5) is 11.4 Å². The van der Waals surface area contributed by atoms with Gasteiger partial charge in [0.1, 0.15) is 0 Å². The highest BCUT2D eigenvalue weighted by Gasteiger charge is 2.08. The average molecular weight is 211 g/mol. The number of rotatable bonds is 3. The van der Waals surface area contributed by atoms with Crippen LogP contribution < -0.4 is 4.90 Å². The first kappa shape index (κ1) is 10.4. The lowest BCUT2D eigenvalue weighted by molar-refractivity contribution is -0.106. The molecule has 0 aromatic heterocycles. The second-order valence-electron chi connectivity index (χ2n) is 3.60. The van der Waals surface area contributed by atoms with Gasteiger partial charge in [-0.1, -0.05) is 36.4 Å². The zero-order chi connectivity index (χ0) is 11.4. The Morgan fingerprint density at radius 1 is 0.938 bits per heavy atom. The largest absolute Gasteiger partial charge is 0.283 e. The third-order valence-electron chi connectivity index (χ3n) is 2.51. The smallest absolute Gasteiger partial charge is 0.218 e. The normalized spacial score (nSPS) is 9.81. The van der Waals surface area contributed by atoms with Crippen molar-refractivity contribution in [2.24, 2.45) is 0 Å². The molecule has 0 radical (unpaired) electrons. The first-order valence-electron chi connectivity index (χ1n) is 5.18. The standard InChI is InChI=1S/C14H13NO/c1-12-7-5-6-10-14(12)15(11-16)13-8-3-2-4-9-13/h2-11H,1H3. The number of anilines is 2. The number of para-hydroxylation sites is 2. The number of benzene rings is 2. The zero-order valence-corrected chi connectivity index (χ0v) is 9.13. The molecule has 2 nitrogen and oxygen atoms in total. The van der Waals surface area contributed by atoms with Gasteiger partial charge >= 0.3 is 0 Å².